The number of carbonyl (C=O) groups excluding carboxylic acids is 3. The molecule has 0 bridgehead atoms. The van der Waals surface area contributed by atoms with Crippen LogP contribution in [0.1, 0.15) is 35.6 Å². The zero-order valence-electron chi connectivity index (χ0n) is 17.4. The van der Waals surface area contributed by atoms with Gasteiger partial charge in [-0.1, -0.05) is 12.1 Å². The van der Waals surface area contributed by atoms with Gasteiger partial charge in [-0.25, -0.2) is 4.79 Å². The fraction of sp³-hybridized carbons (Fsp3) is 0.304. The summed E-state index contributed by atoms with van der Waals surface area (Å²) in [5.41, 5.74) is 2.74. The lowest BCUT2D eigenvalue weighted by molar-refractivity contribution is -0.149. The molecule has 0 fully saturated rings. The van der Waals surface area contributed by atoms with Crippen molar-refractivity contribution in [3.05, 3.63) is 75.0 Å². The number of dihydropyridines is 1. The first kappa shape index (κ1) is 21.0. The van der Waals surface area contributed by atoms with Crippen LogP contribution in [0.4, 0.5) is 0 Å². The Bertz CT molecular complexity index is 1090. The second kappa shape index (κ2) is 8.47. The third-order valence-corrected chi connectivity index (χ3v) is 6.81. The van der Waals surface area contributed by atoms with Crippen molar-refractivity contribution in [1.82, 2.24) is 10.3 Å². The Hall–Kier alpha value is -3.26. The minimum absolute atomic E-state index is 0.334. The Morgan fingerprint density at radius 2 is 2.00 bits per heavy atom. The number of carbonyl (C=O) groups is 3. The lowest BCUT2D eigenvalue weighted by Gasteiger charge is -2.38. The van der Waals surface area contributed by atoms with Crippen molar-refractivity contribution >= 4 is 29.1 Å². The topological polar surface area (TPSA) is 94.6 Å². The van der Waals surface area contributed by atoms with E-state index < -0.39 is 23.8 Å². The Morgan fingerprint density at radius 3 is 2.61 bits per heavy atom. The molecule has 3 atom stereocenters. The molecule has 1 aliphatic heterocycles. The molecule has 8 heteroatoms. The van der Waals surface area contributed by atoms with Gasteiger partial charge >= 0.3 is 11.9 Å². The number of nitrogens with zero attached hydrogens (tertiary/aromatic N) is 1. The van der Waals surface area contributed by atoms with Gasteiger partial charge in [0.2, 0.25) is 0 Å². The summed E-state index contributed by atoms with van der Waals surface area (Å²) in [4.78, 5) is 44.4. The summed E-state index contributed by atoms with van der Waals surface area (Å²) in [5.74, 6) is -3.46. The van der Waals surface area contributed by atoms with Gasteiger partial charge in [0.1, 0.15) is 5.92 Å². The van der Waals surface area contributed by atoms with E-state index in [1.165, 1.54) is 25.6 Å². The molecule has 2 aromatic rings. The van der Waals surface area contributed by atoms with E-state index in [1.807, 2.05) is 23.6 Å². The van der Waals surface area contributed by atoms with E-state index >= 15 is 0 Å². The number of hydrogen-bond acceptors (Lipinski definition) is 8. The fourth-order valence-electron chi connectivity index (χ4n) is 4.46. The molecule has 160 valence electrons. The van der Waals surface area contributed by atoms with E-state index in [0.717, 1.165) is 4.88 Å². The van der Waals surface area contributed by atoms with E-state index in [0.29, 0.717) is 34.5 Å². The first-order chi connectivity index (χ1) is 15.0. The summed E-state index contributed by atoms with van der Waals surface area (Å²) in [6.45, 7) is 1.79. The Kier molecular flexibility index (Phi) is 5.73. The standard InChI is InChI=1S/C23H22N2O5S/c1-12-17(22(27)29-2)18(13-6-4-8-24-11-13)20-15(25-12)10-14(16-7-5-9-31-16)19(21(20)26)23(28)30-3/h4-9,11,14,18-19,25H,10H2,1-3H3/t14-,18-,19+/m1/s1. The zero-order chi connectivity index (χ0) is 22.1. The number of nitrogens with one attached hydrogen (secondary N) is 1. The highest BCUT2D eigenvalue weighted by atomic mass is 32.1. The van der Waals surface area contributed by atoms with Gasteiger partial charge < -0.3 is 14.8 Å². The number of ketones is 1. The van der Waals surface area contributed by atoms with Crippen molar-refractivity contribution in [2.75, 3.05) is 14.2 Å². The maximum atomic E-state index is 13.8. The summed E-state index contributed by atoms with van der Waals surface area (Å²) in [7, 11) is 2.59. The van der Waals surface area contributed by atoms with E-state index in [4.69, 9.17) is 9.47 Å². The van der Waals surface area contributed by atoms with Crippen LogP contribution < -0.4 is 5.32 Å². The maximum Gasteiger partial charge on any atom is 0.336 e. The van der Waals surface area contributed by atoms with Crippen molar-refractivity contribution in [3.63, 3.8) is 0 Å². The van der Waals surface area contributed by atoms with Crippen LogP contribution in [0.5, 0.6) is 0 Å². The minimum atomic E-state index is -0.985. The fourth-order valence-corrected chi connectivity index (χ4v) is 5.33. The number of methoxy groups -OCH3 is 2. The molecular formula is C23H22N2O5S. The Morgan fingerprint density at radius 1 is 1.19 bits per heavy atom. The quantitative estimate of drug-likeness (QED) is 0.579. The number of rotatable bonds is 4. The molecule has 7 nitrogen and oxygen atoms in total. The molecule has 1 N–H and O–H groups in total. The van der Waals surface area contributed by atoms with Crippen LogP contribution in [-0.4, -0.2) is 36.9 Å². The molecular weight excluding hydrogens is 416 g/mol. The monoisotopic (exact) mass is 438 g/mol. The minimum Gasteiger partial charge on any atom is -0.468 e. The Balaban J connectivity index is 1.90. The summed E-state index contributed by atoms with van der Waals surface area (Å²) in [5, 5.41) is 5.17. The van der Waals surface area contributed by atoms with Gasteiger partial charge in [-0.2, -0.15) is 0 Å². The van der Waals surface area contributed by atoms with Gasteiger partial charge in [-0.3, -0.25) is 14.6 Å². The predicted molar refractivity (Wildman–Crippen MR) is 114 cm³/mol. The van der Waals surface area contributed by atoms with Crippen LogP contribution in [0.25, 0.3) is 0 Å². The van der Waals surface area contributed by atoms with Crippen LogP contribution in [0, 0.1) is 5.92 Å². The molecule has 0 radical (unpaired) electrons. The van der Waals surface area contributed by atoms with Gasteiger partial charge in [0.25, 0.3) is 0 Å². The summed E-state index contributed by atoms with van der Waals surface area (Å²) in [6, 6.07) is 7.39. The molecule has 0 aromatic carbocycles. The third-order valence-electron chi connectivity index (χ3n) is 5.81. The largest absolute Gasteiger partial charge is 0.468 e. The lowest BCUT2D eigenvalue weighted by atomic mass is 9.68. The molecule has 1 aliphatic carbocycles. The van der Waals surface area contributed by atoms with Crippen molar-refractivity contribution in [2.24, 2.45) is 5.92 Å². The highest BCUT2D eigenvalue weighted by Crippen LogP contribution is 2.48. The molecule has 4 rings (SSSR count). The normalized spacial score (nSPS) is 23.2. The van der Waals surface area contributed by atoms with E-state index in [9.17, 15) is 14.4 Å². The van der Waals surface area contributed by atoms with Gasteiger partial charge in [0, 0.05) is 46.1 Å². The number of thiophene rings is 1. The molecule has 0 amide bonds. The highest BCUT2D eigenvalue weighted by Gasteiger charge is 2.49. The number of hydrogen-bond donors (Lipinski definition) is 1. The smallest absolute Gasteiger partial charge is 0.336 e. The number of pyridine rings is 1. The summed E-state index contributed by atoms with van der Waals surface area (Å²) < 4.78 is 10.0. The van der Waals surface area contributed by atoms with E-state index in [-0.39, 0.29) is 11.7 Å². The van der Waals surface area contributed by atoms with Crippen LogP contribution in [0.2, 0.25) is 0 Å². The SMILES string of the molecule is COC(=O)C1=C(C)NC2=C(C(=O)[C@@H](C(=O)OC)[C@@H](c3cccs3)C2)[C@@H]1c1cccnc1. The molecule has 0 saturated heterocycles. The van der Waals surface area contributed by atoms with Crippen LogP contribution in [-0.2, 0) is 23.9 Å². The molecule has 0 spiro atoms. The number of allylic oxidation sites excluding steroid dienone is 3. The zero-order valence-corrected chi connectivity index (χ0v) is 18.2. The summed E-state index contributed by atoms with van der Waals surface area (Å²) >= 11 is 1.50. The average Bonchev–Trinajstić information content (AvgIpc) is 3.32. The molecule has 0 unspecified atom stereocenters. The van der Waals surface area contributed by atoms with Gasteiger partial charge in [0.15, 0.2) is 5.78 Å². The van der Waals surface area contributed by atoms with Crippen molar-refractivity contribution in [3.8, 4) is 0 Å². The van der Waals surface area contributed by atoms with Crippen LogP contribution in [0.15, 0.2) is 64.6 Å². The number of esters is 2. The highest BCUT2D eigenvalue weighted by molar-refractivity contribution is 7.10. The van der Waals surface area contributed by atoms with Crippen LogP contribution >= 0.6 is 11.3 Å². The van der Waals surface area contributed by atoms with Crippen LogP contribution in [0.3, 0.4) is 0 Å². The molecule has 3 heterocycles. The molecule has 0 saturated carbocycles. The molecule has 31 heavy (non-hydrogen) atoms. The van der Waals surface area contributed by atoms with Gasteiger partial charge in [-0.15, -0.1) is 11.3 Å². The third kappa shape index (κ3) is 3.57. The Labute approximate surface area is 183 Å². The number of ether oxygens (including phenoxy) is 2. The molecule has 2 aromatic heterocycles. The second-order valence-electron chi connectivity index (χ2n) is 7.46. The van der Waals surface area contributed by atoms with Crippen molar-refractivity contribution in [2.45, 2.75) is 25.2 Å². The van der Waals surface area contributed by atoms with Gasteiger partial charge in [0.05, 0.1) is 19.8 Å². The van der Waals surface area contributed by atoms with E-state index in [1.54, 1.807) is 25.4 Å². The number of Topliss-reactive ketones (excluding diaryl/α,β-unsaturated/α-hetero) is 1. The maximum absolute atomic E-state index is 13.8. The first-order valence-electron chi connectivity index (χ1n) is 9.82. The van der Waals surface area contributed by atoms with Crippen molar-refractivity contribution in [1.29, 1.82) is 0 Å². The first-order valence-corrected chi connectivity index (χ1v) is 10.7. The van der Waals surface area contributed by atoms with Gasteiger partial charge in [-0.05, 0) is 36.4 Å². The summed E-state index contributed by atoms with van der Waals surface area (Å²) in [6.07, 6.45) is 3.70. The average molecular weight is 439 g/mol. The van der Waals surface area contributed by atoms with Crippen molar-refractivity contribution < 1.29 is 23.9 Å². The second-order valence-corrected chi connectivity index (χ2v) is 8.44. The predicted octanol–water partition coefficient (Wildman–Crippen LogP) is 3.08. The van der Waals surface area contributed by atoms with E-state index in [2.05, 4.69) is 10.3 Å². The lowest BCUT2D eigenvalue weighted by Crippen LogP contribution is -2.43. The molecule has 2 aliphatic rings. The number of aromatic nitrogens is 1.